The van der Waals surface area contributed by atoms with E-state index in [2.05, 4.69) is 213 Å². The van der Waals surface area contributed by atoms with Crippen molar-refractivity contribution in [2.45, 2.75) is 87.0 Å². The number of aryl methyl sites for hydroxylation is 7. The van der Waals surface area contributed by atoms with Gasteiger partial charge < -0.3 is 9.80 Å². The van der Waals surface area contributed by atoms with Gasteiger partial charge in [-0.25, -0.2) is 0 Å². The lowest BCUT2D eigenvalue weighted by molar-refractivity contribution is 0.660. The van der Waals surface area contributed by atoms with Crippen LogP contribution in [0.4, 0.5) is 34.1 Å². The summed E-state index contributed by atoms with van der Waals surface area (Å²) in [6.07, 6.45) is 0. The van der Waals surface area contributed by atoms with Gasteiger partial charge in [-0.15, -0.1) is 0 Å². The molecule has 57 heavy (non-hydrogen) atoms. The van der Waals surface area contributed by atoms with Crippen molar-refractivity contribution in [3.05, 3.63) is 189 Å². The molecule has 0 bridgehead atoms. The Hall–Kier alpha value is -5.86. The molecular formula is C55H54N2. The lowest BCUT2D eigenvalue weighted by Crippen LogP contribution is -2.19. The van der Waals surface area contributed by atoms with E-state index in [1.807, 2.05) is 0 Å². The van der Waals surface area contributed by atoms with Crippen molar-refractivity contribution in [2.75, 3.05) is 9.80 Å². The Morgan fingerprint density at radius 3 is 1.04 bits per heavy atom. The Morgan fingerprint density at radius 1 is 0.316 bits per heavy atom. The standard InChI is InChI=1S/C55H54N2/c1-33-24-36(4)52(37(5)25-33)56(40-20-22-46-44-16-12-14-18-48(44)54(8,9)50(46)31-40)42-28-35(3)29-43(30-42)57(53-38(6)26-34(2)27-39(53)7)41-21-23-47-45-17-13-15-19-49(45)55(10,11)51(47)32-41/h12-32H,1-11H3. The molecule has 0 heterocycles. The molecule has 0 N–H and O–H groups in total. The fourth-order valence-electron chi connectivity index (χ4n) is 10.5. The van der Waals surface area contributed by atoms with Crippen LogP contribution in [0.15, 0.2) is 127 Å². The second-order valence-corrected chi connectivity index (χ2v) is 18.0. The molecule has 0 amide bonds. The lowest BCUT2D eigenvalue weighted by atomic mass is 9.82. The van der Waals surface area contributed by atoms with Crippen LogP contribution in [0, 0.1) is 48.5 Å². The van der Waals surface area contributed by atoms with E-state index >= 15 is 0 Å². The highest BCUT2D eigenvalue weighted by atomic mass is 15.2. The molecule has 0 aromatic heterocycles. The van der Waals surface area contributed by atoms with Gasteiger partial charge in [-0.3, -0.25) is 0 Å². The fraction of sp³-hybridized carbons (Fsp3) is 0.236. The molecule has 0 atom stereocenters. The molecule has 2 aliphatic rings. The molecule has 0 fully saturated rings. The molecule has 0 saturated heterocycles. The van der Waals surface area contributed by atoms with Crippen LogP contribution in [0.2, 0.25) is 0 Å². The molecule has 0 unspecified atom stereocenters. The number of hydrogen-bond acceptors (Lipinski definition) is 2. The molecule has 0 aliphatic heterocycles. The van der Waals surface area contributed by atoms with Gasteiger partial charge in [-0.05, 0) is 163 Å². The summed E-state index contributed by atoms with van der Waals surface area (Å²) in [6.45, 7) is 25.2. The van der Waals surface area contributed by atoms with Crippen LogP contribution in [0.25, 0.3) is 22.3 Å². The highest BCUT2D eigenvalue weighted by Crippen LogP contribution is 2.53. The number of rotatable bonds is 6. The highest BCUT2D eigenvalue weighted by Gasteiger charge is 2.37. The topological polar surface area (TPSA) is 6.48 Å². The van der Waals surface area contributed by atoms with Crippen LogP contribution in [-0.2, 0) is 10.8 Å². The second-order valence-electron chi connectivity index (χ2n) is 18.0. The van der Waals surface area contributed by atoms with Gasteiger partial charge in [0, 0.05) is 33.6 Å². The molecule has 7 aromatic carbocycles. The number of fused-ring (bicyclic) bond motifs is 6. The van der Waals surface area contributed by atoms with Crippen LogP contribution >= 0.6 is 0 Å². The van der Waals surface area contributed by atoms with Crippen LogP contribution in [0.3, 0.4) is 0 Å². The van der Waals surface area contributed by atoms with E-state index in [4.69, 9.17) is 0 Å². The van der Waals surface area contributed by atoms with Gasteiger partial charge in [0.25, 0.3) is 0 Å². The quantitative estimate of drug-likeness (QED) is 0.167. The molecule has 2 aliphatic carbocycles. The first-order chi connectivity index (χ1) is 27.1. The number of nitrogens with zero attached hydrogens (tertiary/aromatic N) is 2. The maximum atomic E-state index is 2.52. The van der Waals surface area contributed by atoms with Crippen LogP contribution < -0.4 is 9.80 Å². The van der Waals surface area contributed by atoms with Gasteiger partial charge in [0.2, 0.25) is 0 Å². The van der Waals surface area contributed by atoms with Crippen LogP contribution in [0.5, 0.6) is 0 Å². The average Bonchev–Trinajstić information content (AvgIpc) is 3.53. The molecule has 0 spiro atoms. The second kappa shape index (κ2) is 13.1. The minimum Gasteiger partial charge on any atom is -0.310 e. The Kier molecular flexibility index (Phi) is 8.45. The summed E-state index contributed by atoms with van der Waals surface area (Å²) in [4.78, 5) is 5.05. The summed E-state index contributed by atoms with van der Waals surface area (Å²) in [5.74, 6) is 0. The number of anilines is 6. The third kappa shape index (κ3) is 5.75. The van der Waals surface area contributed by atoms with E-state index in [0.717, 1.165) is 11.4 Å². The Bertz CT molecular complexity index is 2550. The highest BCUT2D eigenvalue weighted by molar-refractivity contribution is 5.91. The minimum atomic E-state index is -0.110. The van der Waals surface area contributed by atoms with E-state index < -0.39 is 0 Å². The Labute approximate surface area is 340 Å². The number of benzene rings is 7. The van der Waals surface area contributed by atoms with Crippen molar-refractivity contribution in [1.82, 2.24) is 0 Å². The summed E-state index contributed by atoms with van der Waals surface area (Å²) in [5, 5.41) is 0. The van der Waals surface area contributed by atoms with E-state index in [1.54, 1.807) is 0 Å². The summed E-state index contributed by atoms with van der Waals surface area (Å²) in [6, 6.07) is 48.6. The summed E-state index contributed by atoms with van der Waals surface area (Å²) in [5.41, 5.74) is 26.6. The molecule has 7 aromatic rings. The fourth-order valence-corrected chi connectivity index (χ4v) is 10.5. The Balaban J connectivity index is 1.28. The molecule has 284 valence electrons. The first-order valence-electron chi connectivity index (χ1n) is 20.5. The third-order valence-corrected chi connectivity index (χ3v) is 12.9. The molecule has 9 rings (SSSR count). The van der Waals surface area contributed by atoms with E-state index in [1.165, 1.54) is 106 Å². The zero-order valence-electron chi connectivity index (χ0n) is 35.5. The largest absolute Gasteiger partial charge is 0.310 e. The normalized spacial score (nSPS) is 14.2. The molecule has 0 radical (unpaired) electrons. The molecular weight excluding hydrogens is 689 g/mol. The Morgan fingerprint density at radius 2 is 0.649 bits per heavy atom. The molecule has 2 heteroatoms. The van der Waals surface area contributed by atoms with Crippen molar-refractivity contribution in [3.63, 3.8) is 0 Å². The van der Waals surface area contributed by atoms with Gasteiger partial charge in [0.15, 0.2) is 0 Å². The van der Waals surface area contributed by atoms with Crippen molar-refractivity contribution < 1.29 is 0 Å². The first-order valence-corrected chi connectivity index (χ1v) is 20.5. The predicted molar refractivity (Wildman–Crippen MR) is 244 cm³/mol. The molecule has 0 saturated carbocycles. The summed E-state index contributed by atoms with van der Waals surface area (Å²) >= 11 is 0. The van der Waals surface area contributed by atoms with Crippen LogP contribution in [0.1, 0.15) is 88.9 Å². The lowest BCUT2D eigenvalue weighted by Gasteiger charge is -2.34. The third-order valence-electron chi connectivity index (χ3n) is 12.9. The smallest absolute Gasteiger partial charge is 0.0520 e. The van der Waals surface area contributed by atoms with Crippen LogP contribution in [-0.4, -0.2) is 0 Å². The van der Waals surface area contributed by atoms with E-state index in [-0.39, 0.29) is 10.8 Å². The van der Waals surface area contributed by atoms with Gasteiger partial charge in [-0.1, -0.05) is 124 Å². The summed E-state index contributed by atoms with van der Waals surface area (Å²) < 4.78 is 0. The van der Waals surface area contributed by atoms with Gasteiger partial charge in [-0.2, -0.15) is 0 Å². The maximum absolute atomic E-state index is 2.52. The van der Waals surface area contributed by atoms with Gasteiger partial charge in [0.1, 0.15) is 0 Å². The van der Waals surface area contributed by atoms with Crippen molar-refractivity contribution in [1.29, 1.82) is 0 Å². The molecule has 2 nitrogen and oxygen atoms in total. The van der Waals surface area contributed by atoms with Crippen molar-refractivity contribution >= 4 is 34.1 Å². The number of hydrogen-bond donors (Lipinski definition) is 0. The SMILES string of the molecule is Cc1cc(N(c2ccc3c(c2)C(C)(C)c2ccccc2-3)c2c(C)cc(C)cc2C)cc(N(c2ccc3c(c2)C(C)(C)c2ccccc2-3)c2c(C)cc(C)cc2C)c1. The van der Waals surface area contributed by atoms with Crippen molar-refractivity contribution in [2.24, 2.45) is 0 Å². The predicted octanol–water partition coefficient (Wildman–Crippen LogP) is 15.4. The van der Waals surface area contributed by atoms with Crippen molar-refractivity contribution in [3.8, 4) is 22.3 Å². The van der Waals surface area contributed by atoms with E-state index in [9.17, 15) is 0 Å². The zero-order valence-corrected chi connectivity index (χ0v) is 35.5. The van der Waals surface area contributed by atoms with Gasteiger partial charge in [0.05, 0.1) is 11.4 Å². The first kappa shape index (κ1) is 36.8. The summed E-state index contributed by atoms with van der Waals surface area (Å²) in [7, 11) is 0. The monoisotopic (exact) mass is 742 g/mol. The maximum Gasteiger partial charge on any atom is 0.0520 e. The zero-order chi connectivity index (χ0) is 40.1. The van der Waals surface area contributed by atoms with Gasteiger partial charge >= 0.3 is 0 Å². The van der Waals surface area contributed by atoms with E-state index in [0.29, 0.717) is 0 Å². The minimum absolute atomic E-state index is 0.110. The average molecular weight is 743 g/mol.